The van der Waals surface area contributed by atoms with Gasteiger partial charge in [-0.15, -0.1) is 0 Å². The summed E-state index contributed by atoms with van der Waals surface area (Å²) in [5.74, 6) is 0. The third kappa shape index (κ3) is 3.39. The van der Waals surface area contributed by atoms with Crippen LogP contribution in [0.2, 0.25) is 0 Å². The van der Waals surface area contributed by atoms with Crippen molar-refractivity contribution in [3.63, 3.8) is 0 Å². The molecule has 1 aliphatic heterocycles. The first kappa shape index (κ1) is 14.9. The average molecular weight is 357 g/mol. The summed E-state index contributed by atoms with van der Waals surface area (Å²) < 4.78 is 1.01. The molecule has 0 saturated heterocycles. The molecule has 4 heteroatoms. The van der Waals surface area contributed by atoms with Gasteiger partial charge in [0.1, 0.15) is 0 Å². The first-order valence-electron chi connectivity index (χ1n) is 7.27. The van der Waals surface area contributed by atoms with E-state index in [1.165, 1.54) is 11.1 Å². The SMILES string of the molecule is O=C(N/C=C/c1ccccc1Br)N1CCc2ccccc2C1. The van der Waals surface area contributed by atoms with Gasteiger partial charge in [0.15, 0.2) is 0 Å². The topological polar surface area (TPSA) is 32.3 Å². The number of urea groups is 1. The molecule has 1 N–H and O–H groups in total. The molecule has 0 unspecified atom stereocenters. The Morgan fingerprint density at radius 2 is 1.82 bits per heavy atom. The van der Waals surface area contributed by atoms with Gasteiger partial charge in [-0.2, -0.15) is 0 Å². The Balaban J connectivity index is 1.60. The Bertz CT molecular complexity index is 712. The van der Waals surface area contributed by atoms with Crippen LogP contribution in [0.1, 0.15) is 16.7 Å². The van der Waals surface area contributed by atoms with Gasteiger partial charge in [-0.3, -0.25) is 0 Å². The predicted octanol–water partition coefficient (Wildman–Crippen LogP) is 4.19. The van der Waals surface area contributed by atoms with E-state index in [1.807, 2.05) is 41.3 Å². The summed E-state index contributed by atoms with van der Waals surface area (Å²) in [5.41, 5.74) is 3.61. The van der Waals surface area contributed by atoms with Gasteiger partial charge in [0.2, 0.25) is 0 Å². The second-order valence-corrected chi connectivity index (χ2v) is 6.10. The molecule has 0 aliphatic carbocycles. The third-order valence-electron chi connectivity index (χ3n) is 3.79. The predicted molar refractivity (Wildman–Crippen MR) is 92.3 cm³/mol. The molecular weight excluding hydrogens is 340 g/mol. The van der Waals surface area contributed by atoms with Crippen molar-refractivity contribution in [2.75, 3.05) is 6.54 Å². The summed E-state index contributed by atoms with van der Waals surface area (Å²) >= 11 is 3.48. The first-order valence-corrected chi connectivity index (χ1v) is 8.06. The Morgan fingerprint density at radius 1 is 1.09 bits per heavy atom. The van der Waals surface area contributed by atoms with E-state index in [1.54, 1.807) is 6.20 Å². The molecule has 2 amide bonds. The highest BCUT2D eigenvalue weighted by Crippen LogP contribution is 2.19. The molecule has 3 rings (SSSR count). The fourth-order valence-corrected chi connectivity index (χ4v) is 2.99. The van der Waals surface area contributed by atoms with Crippen LogP contribution >= 0.6 is 15.9 Å². The highest BCUT2D eigenvalue weighted by Gasteiger charge is 2.19. The molecule has 0 bridgehead atoms. The molecule has 3 nitrogen and oxygen atoms in total. The van der Waals surface area contributed by atoms with Crippen LogP contribution in [0.15, 0.2) is 59.2 Å². The normalized spacial score (nSPS) is 14.0. The van der Waals surface area contributed by atoms with Gasteiger partial charge < -0.3 is 10.2 Å². The number of amides is 2. The smallest absolute Gasteiger partial charge is 0.320 e. The third-order valence-corrected chi connectivity index (χ3v) is 4.51. The van der Waals surface area contributed by atoms with Crippen LogP contribution in [0.3, 0.4) is 0 Å². The number of nitrogens with one attached hydrogen (secondary N) is 1. The lowest BCUT2D eigenvalue weighted by Gasteiger charge is -2.28. The summed E-state index contributed by atoms with van der Waals surface area (Å²) in [6, 6.07) is 16.1. The maximum absolute atomic E-state index is 12.2. The zero-order valence-corrected chi connectivity index (χ0v) is 13.7. The Labute approximate surface area is 138 Å². The van der Waals surface area contributed by atoms with E-state index in [0.29, 0.717) is 6.54 Å². The molecule has 0 aromatic heterocycles. The number of hydrogen-bond acceptors (Lipinski definition) is 1. The molecule has 2 aromatic rings. The molecule has 2 aromatic carbocycles. The monoisotopic (exact) mass is 356 g/mol. The highest BCUT2D eigenvalue weighted by molar-refractivity contribution is 9.10. The van der Waals surface area contributed by atoms with Crippen molar-refractivity contribution < 1.29 is 4.79 Å². The Morgan fingerprint density at radius 3 is 2.64 bits per heavy atom. The Hall–Kier alpha value is -2.07. The van der Waals surface area contributed by atoms with E-state index in [4.69, 9.17) is 0 Å². The molecule has 0 spiro atoms. The quantitative estimate of drug-likeness (QED) is 0.859. The van der Waals surface area contributed by atoms with Crippen molar-refractivity contribution >= 4 is 28.0 Å². The summed E-state index contributed by atoms with van der Waals surface area (Å²) in [5, 5.41) is 2.84. The van der Waals surface area contributed by atoms with E-state index >= 15 is 0 Å². The van der Waals surface area contributed by atoms with Gasteiger partial charge in [-0.05, 0) is 35.3 Å². The van der Waals surface area contributed by atoms with Crippen molar-refractivity contribution in [3.8, 4) is 0 Å². The van der Waals surface area contributed by atoms with Gasteiger partial charge in [0.05, 0.1) is 0 Å². The van der Waals surface area contributed by atoms with E-state index < -0.39 is 0 Å². The standard InChI is InChI=1S/C18H17BrN2O/c19-17-8-4-3-6-15(17)9-11-20-18(22)21-12-10-14-5-1-2-7-16(14)13-21/h1-9,11H,10,12-13H2,(H,20,22)/b11-9+. The lowest BCUT2D eigenvalue weighted by Crippen LogP contribution is -2.40. The van der Waals surface area contributed by atoms with Crippen molar-refractivity contribution in [1.29, 1.82) is 0 Å². The van der Waals surface area contributed by atoms with Crippen molar-refractivity contribution in [1.82, 2.24) is 10.2 Å². The number of carbonyl (C=O) groups is 1. The summed E-state index contributed by atoms with van der Waals surface area (Å²) in [4.78, 5) is 14.1. The number of hydrogen-bond donors (Lipinski definition) is 1. The van der Waals surface area contributed by atoms with Crippen molar-refractivity contribution in [2.45, 2.75) is 13.0 Å². The minimum Gasteiger partial charge on any atom is -0.320 e. The van der Waals surface area contributed by atoms with Gasteiger partial charge in [-0.1, -0.05) is 58.4 Å². The second kappa shape index (κ2) is 6.79. The Kier molecular flexibility index (Phi) is 4.59. The molecule has 22 heavy (non-hydrogen) atoms. The molecule has 0 fully saturated rings. The van der Waals surface area contributed by atoms with E-state index in [9.17, 15) is 4.79 Å². The van der Waals surface area contributed by atoms with Crippen molar-refractivity contribution in [2.24, 2.45) is 0 Å². The number of rotatable bonds is 2. The molecule has 0 atom stereocenters. The molecular formula is C18H17BrN2O. The summed E-state index contributed by atoms with van der Waals surface area (Å²) in [6.07, 6.45) is 4.50. The number of carbonyl (C=O) groups excluding carboxylic acids is 1. The van der Waals surface area contributed by atoms with Crippen LogP contribution in [0.5, 0.6) is 0 Å². The average Bonchev–Trinajstić information content (AvgIpc) is 2.56. The molecule has 1 heterocycles. The lowest BCUT2D eigenvalue weighted by atomic mass is 10.0. The molecule has 0 saturated carbocycles. The zero-order valence-electron chi connectivity index (χ0n) is 12.1. The van der Waals surface area contributed by atoms with Gasteiger partial charge in [0, 0.05) is 23.8 Å². The summed E-state index contributed by atoms with van der Waals surface area (Å²) in [7, 11) is 0. The number of nitrogens with zero attached hydrogens (tertiary/aromatic N) is 1. The molecule has 0 radical (unpaired) electrons. The van der Waals surface area contributed by atoms with Crippen LogP contribution in [0.4, 0.5) is 4.79 Å². The fraction of sp³-hybridized carbons (Fsp3) is 0.167. The van der Waals surface area contributed by atoms with Gasteiger partial charge >= 0.3 is 6.03 Å². The highest BCUT2D eigenvalue weighted by atomic mass is 79.9. The number of benzene rings is 2. The fourth-order valence-electron chi connectivity index (χ4n) is 2.57. The largest absolute Gasteiger partial charge is 0.321 e. The van der Waals surface area contributed by atoms with Gasteiger partial charge in [0.25, 0.3) is 0 Å². The maximum atomic E-state index is 12.2. The minimum atomic E-state index is -0.0576. The molecule has 112 valence electrons. The number of halogens is 1. The van der Waals surface area contributed by atoms with Crippen LogP contribution in [0.25, 0.3) is 6.08 Å². The van der Waals surface area contributed by atoms with Crippen LogP contribution in [-0.4, -0.2) is 17.5 Å². The number of fused-ring (bicyclic) bond motifs is 1. The summed E-state index contributed by atoms with van der Waals surface area (Å²) in [6.45, 7) is 1.43. The van der Waals surface area contributed by atoms with E-state index in [2.05, 4.69) is 39.4 Å². The first-order chi connectivity index (χ1) is 10.7. The van der Waals surface area contributed by atoms with Crippen molar-refractivity contribution in [3.05, 3.63) is 75.9 Å². The van der Waals surface area contributed by atoms with Crippen LogP contribution < -0.4 is 5.32 Å². The van der Waals surface area contributed by atoms with Gasteiger partial charge in [-0.25, -0.2) is 4.79 Å². The lowest BCUT2D eigenvalue weighted by molar-refractivity contribution is 0.196. The second-order valence-electron chi connectivity index (χ2n) is 5.24. The van der Waals surface area contributed by atoms with E-state index in [-0.39, 0.29) is 6.03 Å². The minimum absolute atomic E-state index is 0.0576. The maximum Gasteiger partial charge on any atom is 0.321 e. The molecule has 1 aliphatic rings. The zero-order chi connectivity index (χ0) is 15.4. The van der Waals surface area contributed by atoms with Crippen LogP contribution in [-0.2, 0) is 13.0 Å². The van der Waals surface area contributed by atoms with Crippen LogP contribution in [0, 0.1) is 0 Å². The van der Waals surface area contributed by atoms with E-state index in [0.717, 1.165) is 23.0 Å².